The monoisotopic (exact) mass is 645 g/mol. The molecule has 1 atom stereocenters. The van der Waals surface area contributed by atoms with E-state index in [9.17, 15) is 22.8 Å². The first kappa shape index (κ1) is 28.3. The number of carbonyl (C=O) groups is 3. The number of nitrogens with one attached hydrogen (secondary N) is 1. The minimum absolute atomic E-state index is 0.0235. The average molecular weight is 647 g/mol. The quantitative estimate of drug-likeness (QED) is 0.336. The Labute approximate surface area is 253 Å². The number of rotatable bonds is 4. The minimum Gasteiger partial charge on any atom is -0.322 e. The van der Waals surface area contributed by atoms with Crippen molar-refractivity contribution in [1.29, 1.82) is 0 Å². The van der Waals surface area contributed by atoms with Gasteiger partial charge < -0.3 is 4.90 Å². The molecule has 2 saturated heterocycles. The van der Waals surface area contributed by atoms with Crippen molar-refractivity contribution in [2.24, 2.45) is 5.92 Å². The van der Waals surface area contributed by atoms with Crippen LogP contribution in [0.1, 0.15) is 47.2 Å². The zero-order valence-electron chi connectivity index (χ0n) is 22.7. The number of hydrogen-bond acceptors (Lipinski definition) is 5. The summed E-state index contributed by atoms with van der Waals surface area (Å²) < 4.78 is 29.2. The van der Waals surface area contributed by atoms with E-state index < -0.39 is 22.0 Å². The average Bonchev–Trinajstić information content (AvgIpc) is 3.33. The van der Waals surface area contributed by atoms with Gasteiger partial charge in [-0.15, -0.1) is 0 Å². The van der Waals surface area contributed by atoms with Gasteiger partial charge in [0.2, 0.25) is 21.8 Å². The Morgan fingerprint density at radius 1 is 0.857 bits per heavy atom. The van der Waals surface area contributed by atoms with E-state index in [0.29, 0.717) is 37.9 Å². The maximum absolute atomic E-state index is 13.3. The van der Waals surface area contributed by atoms with Crippen molar-refractivity contribution < 1.29 is 22.8 Å². The van der Waals surface area contributed by atoms with E-state index in [1.807, 2.05) is 42.5 Å². The number of carbonyl (C=O) groups excluding carboxylic acids is 3. The number of sulfonamides is 1. The van der Waals surface area contributed by atoms with Crippen molar-refractivity contribution in [3.63, 3.8) is 0 Å². The van der Waals surface area contributed by atoms with Crippen LogP contribution in [0.15, 0.2) is 76.1 Å². The molecule has 0 bridgehead atoms. The highest BCUT2D eigenvalue weighted by Crippen LogP contribution is 2.30. The van der Waals surface area contributed by atoms with E-state index in [1.165, 1.54) is 9.21 Å². The highest BCUT2D eigenvalue weighted by molar-refractivity contribution is 9.10. The first-order chi connectivity index (χ1) is 20.2. The number of fused-ring (bicyclic) bond motifs is 1. The zero-order valence-corrected chi connectivity index (χ0v) is 25.1. The normalized spacial score (nSPS) is 19.7. The third-order valence-corrected chi connectivity index (χ3v) is 10.6. The lowest BCUT2D eigenvalue weighted by Gasteiger charge is -2.29. The van der Waals surface area contributed by atoms with E-state index in [2.05, 4.69) is 33.1 Å². The summed E-state index contributed by atoms with van der Waals surface area (Å²) in [6.45, 7) is 1.03. The van der Waals surface area contributed by atoms with Crippen LogP contribution in [0.4, 0.5) is 0 Å². The lowest BCUT2D eigenvalue weighted by atomic mass is 9.97. The molecule has 1 N–H and O–H groups in total. The van der Waals surface area contributed by atoms with E-state index in [0.717, 1.165) is 26.7 Å². The van der Waals surface area contributed by atoms with Gasteiger partial charge >= 0.3 is 0 Å². The molecule has 0 aromatic heterocycles. The van der Waals surface area contributed by atoms with Crippen molar-refractivity contribution >= 4 is 43.7 Å². The lowest BCUT2D eigenvalue weighted by Crippen LogP contribution is -2.52. The maximum atomic E-state index is 13.3. The van der Waals surface area contributed by atoms with E-state index in [-0.39, 0.29) is 35.6 Å². The smallest absolute Gasteiger partial charge is 0.255 e. The lowest BCUT2D eigenvalue weighted by molar-refractivity contribution is -0.136. The number of nitrogens with zero attached hydrogens (tertiary/aromatic N) is 2. The van der Waals surface area contributed by atoms with E-state index in [4.69, 9.17) is 0 Å². The van der Waals surface area contributed by atoms with Gasteiger partial charge in [-0.2, -0.15) is 4.31 Å². The van der Waals surface area contributed by atoms with Gasteiger partial charge in [0.05, 0.1) is 4.90 Å². The van der Waals surface area contributed by atoms with Crippen LogP contribution in [0.25, 0.3) is 11.1 Å². The molecule has 2 fully saturated rings. The van der Waals surface area contributed by atoms with Gasteiger partial charge in [-0.1, -0.05) is 58.1 Å². The van der Waals surface area contributed by atoms with E-state index >= 15 is 0 Å². The molecule has 3 amide bonds. The molecule has 0 radical (unpaired) electrons. The van der Waals surface area contributed by atoms with Crippen LogP contribution in [-0.4, -0.2) is 54.5 Å². The van der Waals surface area contributed by atoms with Crippen LogP contribution in [0, 0.1) is 17.8 Å². The van der Waals surface area contributed by atoms with Crippen LogP contribution >= 0.6 is 15.9 Å². The molecule has 3 aromatic rings. The maximum Gasteiger partial charge on any atom is 0.255 e. The fourth-order valence-electron chi connectivity index (χ4n) is 5.73. The second kappa shape index (κ2) is 11.5. The van der Waals surface area contributed by atoms with Gasteiger partial charge in [0, 0.05) is 47.6 Å². The highest BCUT2D eigenvalue weighted by atomic mass is 79.9. The molecule has 3 heterocycles. The van der Waals surface area contributed by atoms with Crippen LogP contribution in [-0.2, 0) is 26.2 Å². The third-order valence-electron chi connectivity index (χ3n) is 8.12. The predicted octanol–water partition coefficient (Wildman–Crippen LogP) is 4.33. The molecule has 0 saturated carbocycles. The van der Waals surface area contributed by atoms with Gasteiger partial charge in [0.25, 0.3) is 5.91 Å². The van der Waals surface area contributed by atoms with Gasteiger partial charge in [-0.05, 0) is 72.4 Å². The van der Waals surface area contributed by atoms with Crippen molar-refractivity contribution in [1.82, 2.24) is 14.5 Å². The summed E-state index contributed by atoms with van der Waals surface area (Å²) in [4.78, 5) is 38.8. The fourth-order valence-corrected chi connectivity index (χ4v) is 7.47. The van der Waals surface area contributed by atoms with Crippen molar-refractivity contribution in [2.75, 3.05) is 13.1 Å². The van der Waals surface area contributed by atoms with Crippen LogP contribution in [0.3, 0.4) is 0 Å². The van der Waals surface area contributed by atoms with E-state index in [1.54, 1.807) is 24.3 Å². The summed E-state index contributed by atoms with van der Waals surface area (Å²) in [6, 6.07) is 19.6. The molecule has 3 aliphatic heterocycles. The van der Waals surface area contributed by atoms with Gasteiger partial charge in [-0.25, -0.2) is 8.42 Å². The minimum atomic E-state index is -3.62. The summed E-state index contributed by atoms with van der Waals surface area (Å²) in [6.07, 6.45) is 1.73. The number of piperidine rings is 2. The SMILES string of the molecule is O=C1CCC(N2Cc3c(C#CC4CCN(S(=O)(=O)c5ccc(-c6ccc(Br)cc6)cc5)CC4)cccc3C2=O)C(=O)N1. The molecule has 1 unspecified atom stereocenters. The Hall–Kier alpha value is -3.78. The fraction of sp³-hybridized carbons (Fsp3) is 0.281. The summed E-state index contributed by atoms with van der Waals surface area (Å²) in [7, 11) is -3.62. The second-order valence-electron chi connectivity index (χ2n) is 10.7. The third kappa shape index (κ3) is 5.52. The van der Waals surface area contributed by atoms with Crippen LogP contribution < -0.4 is 5.32 Å². The summed E-state index contributed by atoms with van der Waals surface area (Å²) in [5.41, 5.74) is 4.00. The topological polar surface area (TPSA) is 104 Å². The molecular formula is C32H28BrN3O5S. The first-order valence-corrected chi connectivity index (χ1v) is 16.1. The van der Waals surface area contributed by atoms with Crippen LogP contribution in [0.5, 0.6) is 0 Å². The molecule has 3 aromatic carbocycles. The van der Waals surface area contributed by atoms with Gasteiger partial charge in [0.15, 0.2) is 0 Å². The Bertz CT molecular complexity index is 1740. The molecule has 214 valence electrons. The van der Waals surface area contributed by atoms with Crippen molar-refractivity contribution in [3.05, 3.63) is 87.9 Å². The molecule has 0 spiro atoms. The summed E-state index contributed by atoms with van der Waals surface area (Å²) >= 11 is 3.43. The summed E-state index contributed by atoms with van der Waals surface area (Å²) in [5, 5.41) is 2.32. The van der Waals surface area contributed by atoms with Gasteiger partial charge in [0.1, 0.15) is 6.04 Å². The second-order valence-corrected chi connectivity index (χ2v) is 13.6. The summed E-state index contributed by atoms with van der Waals surface area (Å²) in [5.74, 6) is 5.57. The number of imide groups is 1. The molecule has 8 nitrogen and oxygen atoms in total. The standard InChI is InChI=1S/C32H28BrN3O5S/c33-25-10-6-22(7-11-25)23-8-12-26(13-9-23)42(40,41)35-18-16-21(17-19-35)4-5-24-2-1-3-27-28(24)20-36(32(27)39)29-14-15-30(37)34-31(29)38/h1-3,6-13,21,29H,14-20H2,(H,34,37,38). The first-order valence-electron chi connectivity index (χ1n) is 13.8. The molecule has 3 aliphatic rings. The van der Waals surface area contributed by atoms with Crippen molar-refractivity contribution in [3.8, 4) is 23.0 Å². The Balaban J connectivity index is 1.10. The largest absolute Gasteiger partial charge is 0.322 e. The molecular weight excluding hydrogens is 618 g/mol. The van der Waals surface area contributed by atoms with Crippen molar-refractivity contribution in [2.45, 2.75) is 43.2 Å². The highest BCUT2D eigenvalue weighted by Gasteiger charge is 2.39. The predicted molar refractivity (Wildman–Crippen MR) is 160 cm³/mol. The van der Waals surface area contributed by atoms with Gasteiger partial charge in [-0.3, -0.25) is 19.7 Å². The number of amides is 3. The number of halogens is 1. The molecule has 42 heavy (non-hydrogen) atoms. The molecule has 0 aliphatic carbocycles. The zero-order chi connectivity index (χ0) is 29.4. The Morgan fingerprint density at radius 3 is 2.19 bits per heavy atom. The Morgan fingerprint density at radius 2 is 1.52 bits per heavy atom. The number of benzene rings is 3. The molecule has 10 heteroatoms. The number of hydrogen-bond donors (Lipinski definition) is 1. The Kier molecular flexibility index (Phi) is 7.75. The molecule has 6 rings (SSSR count). The van der Waals surface area contributed by atoms with Crippen LogP contribution in [0.2, 0.25) is 0 Å².